The van der Waals surface area contributed by atoms with Gasteiger partial charge in [0.15, 0.2) is 0 Å². The van der Waals surface area contributed by atoms with Crippen molar-refractivity contribution in [1.82, 2.24) is 0 Å². The molecule has 0 heterocycles. The fourth-order valence-electron chi connectivity index (χ4n) is 2.23. The summed E-state index contributed by atoms with van der Waals surface area (Å²) in [6.07, 6.45) is 1.49. The fraction of sp³-hybridized carbons (Fsp3) is 0.250. The van der Waals surface area contributed by atoms with Crippen molar-refractivity contribution in [2.24, 2.45) is 0 Å². The van der Waals surface area contributed by atoms with E-state index in [-0.39, 0.29) is 17.6 Å². The summed E-state index contributed by atoms with van der Waals surface area (Å²) in [6.45, 7) is 2.02. The van der Waals surface area contributed by atoms with Crippen LogP contribution < -0.4 is 0 Å². The Morgan fingerprint density at radius 3 is 2.44 bits per heavy atom. The van der Waals surface area contributed by atoms with Crippen LogP contribution in [0.15, 0.2) is 48.5 Å². The van der Waals surface area contributed by atoms with Crippen LogP contribution in [0.25, 0.3) is 0 Å². The summed E-state index contributed by atoms with van der Waals surface area (Å²) >= 11 is 0. The third-order valence-corrected chi connectivity index (χ3v) is 3.21. The van der Waals surface area contributed by atoms with Crippen LogP contribution in [0, 0.1) is 11.6 Å². The number of hydrogen-bond donors (Lipinski definition) is 0. The molecule has 94 valence electrons. The van der Waals surface area contributed by atoms with Gasteiger partial charge in [-0.2, -0.15) is 0 Å². The largest absolute Gasteiger partial charge is 0.207 e. The molecule has 0 saturated heterocycles. The molecule has 2 aromatic carbocycles. The maximum absolute atomic E-state index is 13.7. The van der Waals surface area contributed by atoms with Gasteiger partial charge in [-0.25, -0.2) is 8.78 Å². The lowest BCUT2D eigenvalue weighted by molar-refractivity contribution is 0.563. The molecule has 0 bridgehead atoms. The van der Waals surface area contributed by atoms with Crippen molar-refractivity contribution in [3.05, 3.63) is 71.3 Å². The average Bonchev–Trinajstić information content (AvgIpc) is 2.37. The van der Waals surface area contributed by atoms with Crippen molar-refractivity contribution in [3.8, 4) is 0 Å². The van der Waals surface area contributed by atoms with Gasteiger partial charge in [-0.15, -0.1) is 0 Å². The highest BCUT2D eigenvalue weighted by molar-refractivity contribution is 5.25. The lowest BCUT2D eigenvalue weighted by atomic mass is 9.89. The van der Waals surface area contributed by atoms with Crippen LogP contribution in [0.5, 0.6) is 0 Å². The molecule has 0 aliphatic carbocycles. The summed E-state index contributed by atoms with van der Waals surface area (Å²) in [5, 5.41) is 0. The smallest absolute Gasteiger partial charge is 0.126 e. The van der Waals surface area contributed by atoms with E-state index < -0.39 is 0 Å². The van der Waals surface area contributed by atoms with Crippen LogP contribution in [-0.2, 0) is 6.42 Å². The number of hydrogen-bond acceptors (Lipinski definition) is 0. The van der Waals surface area contributed by atoms with E-state index in [1.807, 2.05) is 25.1 Å². The molecule has 2 aromatic rings. The topological polar surface area (TPSA) is 0 Å². The molecule has 0 aliphatic heterocycles. The van der Waals surface area contributed by atoms with Gasteiger partial charge >= 0.3 is 0 Å². The van der Waals surface area contributed by atoms with Gasteiger partial charge in [-0.3, -0.25) is 0 Å². The van der Waals surface area contributed by atoms with Crippen LogP contribution in [0.4, 0.5) is 8.78 Å². The molecule has 2 heteroatoms. The molecular formula is C16H16F2. The molecule has 2 rings (SSSR count). The minimum Gasteiger partial charge on any atom is -0.207 e. The van der Waals surface area contributed by atoms with E-state index in [1.165, 1.54) is 18.2 Å². The first-order valence-electron chi connectivity index (χ1n) is 6.19. The predicted molar refractivity (Wildman–Crippen MR) is 69.5 cm³/mol. The van der Waals surface area contributed by atoms with Crippen LogP contribution in [0.2, 0.25) is 0 Å². The Balaban J connectivity index is 2.23. The zero-order valence-electron chi connectivity index (χ0n) is 10.4. The minimum absolute atomic E-state index is 0.0907. The standard InChI is InChI=1S/C16H16F2/c1-2-13(15-8-3-4-9-16(15)18)10-12-6-5-7-14(17)11-12/h3-9,11,13H,2,10H2,1H3. The second-order valence-corrected chi connectivity index (χ2v) is 4.46. The summed E-state index contributed by atoms with van der Waals surface area (Å²) in [5.74, 6) is -0.329. The minimum atomic E-state index is -0.240. The molecule has 0 aromatic heterocycles. The zero-order chi connectivity index (χ0) is 13.0. The van der Waals surface area contributed by atoms with Gasteiger partial charge in [-0.1, -0.05) is 37.3 Å². The molecule has 0 saturated carbocycles. The Bertz CT molecular complexity index is 520. The van der Waals surface area contributed by atoms with Gasteiger partial charge in [0.25, 0.3) is 0 Å². The lowest BCUT2D eigenvalue weighted by Gasteiger charge is -2.16. The van der Waals surface area contributed by atoms with Gasteiger partial charge in [0, 0.05) is 0 Å². The molecule has 0 N–H and O–H groups in total. The highest BCUT2D eigenvalue weighted by Crippen LogP contribution is 2.26. The highest BCUT2D eigenvalue weighted by Gasteiger charge is 2.14. The third-order valence-electron chi connectivity index (χ3n) is 3.21. The van der Waals surface area contributed by atoms with Gasteiger partial charge in [0.2, 0.25) is 0 Å². The molecule has 0 nitrogen and oxygen atoms in total. The van der Waals surface area contributed by atoms with E-state index in [9.17, 15) is 8.78 Å². The normalized spacial score (nSPS) is 12.4. The lowest BCUT2D eigenvalue weighted by Crippen LogP contribution is -2.04. The Morgan fingerprint density at radius 1 is 1.00 bits per heavy atom. The van der Waals surface area contributed by atoms with Crippen LogP contribution >= 0.6 is 0 Å². The van der Waals surface area contributed by atoms with E-state index in [4.69, 9.17) is 0 Å². The Kier molecular flexibility index (Phi) is 4.08. The Morgan fingerprint density at radius 2 is 1.78 bits per heavy atom. The number of halogens is 2. The summed E-state index contributed by atoms with van der Waals surface area (Å²) in [6, 6.07) is 13.3. The van der Waals surface area contributed by atoms with Crippen molar-refractivity contribution >= 4 is 0 Å². The Hall–Kier alpha value is -1.70. The van der Waals surface area contributed by atoms with Crippen molar-refractivity contribution in [3.63, 3.8) is 0 Å². The monoisotopic (exact) mass is 246 g/mol. The second-order valence-electron chi connectivity index (χ2n) is 4.46. The average molecular weight is 246 g/mol. The molecule has 0 radical (unpaired) electrons. The molecule has 0 aliphatic rings. The molecular weight excluding hydrogens is 230 g/mol. The third kappa shape index (κ3) is 2.95. The first-order valence-corrected chi connectivity index (χ1v) is 6.19. The van der Waals surface area contributed by atoms with Crippen molar-refractivity contribution in [2.45, 2.75) is 25.7 Å². The summed E-state index contributed by atoms with van der Waals surface area (Å²) in [4.78, 5) is 0. The van der Waals surface area contributed by atoms with Crippen molar-refractivity contribution < 1.29 is 8.78 Å². The van der Waals surface area contributed by atoms with E-state index >= 15 is 0 Å². The second kappa shape index (κ2) is 5.76. The molecule has 1 atom stereocenters. The van der Waals surface area contributed by atoms with E-state index in [0.29, 0.717) is 12.0 Å². The maximum atomic E-state index is 13.7. The van der Waals surface area contributed by atoms with Gasteiger partial charge in [0.05, 0.1) is 0 Å². The van der Waals surface area contributed by atoms with Gasteiger partial charge in [-0.05, 0) is 48.1 Å². The van der Waals surface area contributed by atoms with E-state index in [1.54, 1.807) is 12.1 Å². The predicted octanol–water partition coefficient (Wildman–Crippen LogP) is 4.70. The van der Waals surface area contributed by atoms with E-state index in [2.05, 4.69) is 0 Å². The first kappa shape index (κ1) is 12.7. The first-order chi connectivity index (χ1) is 8.70. The highest BCUT2D eigenvalue weighted by atomic mass is 19.1. The molecule has 18 heavy (non-hydrogen) atoms. The fourth-order valence-corrected chi connectivity index (χ4v) is 2.23. The summed E-state index contributed by atoms with van der Waals surface area (Å²) in [5.41, 5.74) is 1.62. The van der Waals surface area contributed by atoms with Gasteiger partial charge < -0.3 is 0 Å². The molecule has 0 amide bonds. The van der Waals surface area contributed by atoms with Crippen LogP contribution in [0.1, 0.15) is 30.4 Å². The van der Waals surface area contributed by atoms with Crippen molar-refractivity contribution in [2.75, 3.05) is 0 Å². The molecule has 0 fully saturated rings. The van der Waals surface area contributed by atoms with E-state index in [0.717, 1.165) is 12.0 Å². The summed E-state index contributed by atoms with van der Waals surface area (Å²) < 4.78 is 26.9. The maximum Gasteiger partial charge on any atom is 0.126 e. The van der Waals surface area contributed by atoms with Crippen molar-refractivity contribution in [1.29, 1.82) is 0 Å². The number of benzene rings is 2. The van der Waals surface area contributed by atoms with Crippen LogP contribution in [0.3, 0.4) is 0 Å². The number of rotatable bonds is 4. The molecule has 1 unspecified atom stereocenters. The quantitative estimate of drug-likeness (QED) is 0.733. The van der Waals surface area contributed by atoms with Crippen LogP contribution in [-0.4, -0.2) is 0 Å². The summed E-state index contributed by atoms with van der Waals surface area (Å²) in [7, 11) is 0. The molecule has 0 spiro atoms. The van der Waals surface area contributed by atoms with Gasteiger partial charge in [0.1, 0.15) is 11.6 Å². The Labute approximate surface area is 106 Å². The zero-order valence-corrected chi connectivity index (χ0v) is 10.4. The SMILES string of the molecule is CCC(Cc1cccc(F)c1)c1ccccc1F.